The molecule has 0 atom stereocenters. The van der Waals surface area contributed by atoms with Crippen LogP contribution in [-0.2, 0) is 6.54 Å². The van der Waals surface area contributed by atoms with Gasteiger partial charge in [0.1, 0.15) is 0 Å². The van der Waals surface area contributed by atoms with Crippen LogP contribution in [0.3, 0.4) is 0 Å². The second-order valence-electron chi connectivity index (χ2n) is 4.35. The lowest BCUT2D eigenvalue weighted by atomic mass is 10.2. The van der Waals surface area contributed by atoms with Gasteiger partial charge in [0, 0.05) is 31.5 Å². The Labute approximate surface area is 120 Å². The Balaban J connectivity index is 2.32. The van der Waals surface area contributed by atoms with E-state index in [4.69, 9.17) is 11.0 Å². The van der Waals surface area contributed by atoms with Gasteiger partial charge in [-0.1, -0.05) is 6.07 Å². The van der Waals surface area contributed by atoms with Gasteiger partial charge in [-0.05, 0) is 11.6 Å². The molecule has 21 heavy (non-hydrogen) atoms. The third kappa shape index (κ3) is 3.63. The lowest BCUT2D eigenvalue weighted by molar-refractivity contribution is 0.570. The standard InChI is InChI=1S/C14H13F2N5/c15-11-7-12(16)14(20-13(11)18)21(6-2-4-17)9-10-3-1-5-19-8-10/h1,3,5,7-8H,2,6,9H2,(H2,18,20). The predicted octanol–water partition coefficient (Wildman–Crippen LogP) is 2.26. The number of hydrogen-bond acceptors (Lipinski definition) is 5. The predicted molar refractivity (Wildman–Crippen MR) is 74.1 cm³/mol. The normalized spacial score (nSPS) is 10.1. The zero-order valence-electron chi connectivity index (χ0n) is 11.1. The summed E-state index contributed by atoms with van der Waals surface area (Å²) in [6, 6.07) is 6.25. The molecule has 0 saturated heterocycles. The van der Waals surface area contributed by atoms with E-state index < -0.39 is 11.6 Å². The van der Waals surface area contributed by atoms with E-state index in [-0.39, 0.29) is 24.6 Å². The minimum Gasteiger partial charge on any atom is -0.381 e. The highest BCUT2D eigenvalue weighted by Gasteiger charge is 2.17. The molecular weight excluding hydrogens is 276 g/mol. The summed E-state index contributed by atoms with van der Waals surface area (Å²) in [5, 5.41) is 8.71. The molecule has 0 aliphatic carbocycles. The summed E-state index contributed by atoms with van der Waals surface area (Å²) in [5.41, 5.74) is 6.21. The molecule has 0 spiro atoms. The maximum absolute atomic E-state index is 13.9. The molecule has 108 valence electrons. The van der Waals surface area contributed by atoms with Crippen molar-refractivity contribution in [3.05, 3.63) is 47.8 Å². The van der Waals surface area contributed by atoms with Crippen molar-refractivity contribution in [1.82, 2.24) is 9.97 Å². The molecule has 5 nitrogen and oxygen atoms in total. The van der Waals surface area contributed by atoms with Crippen molar-refractivity contribution in [2.45, 2.75) is 13.0 Å². The van der Waals surface area contributed by atoms with E-state index in [1.54, 1.807) is 18.5 Å². The summed E-state index contributed by atoms with van der Waals surface area (Å²) >= 11 is 0. The van der Waals surface area contributed by atoms with Gasteiger partial charge in [0.2, 0.25) is 0 Å². The van der Waals surface area contributed by atoms with Crippen molar-refractivity contribution < 1.29 is 8.78 Å². The van der Waals surface area contributed by atoms with Gasteiger partial charge >= 0.3 is 0 Å². The number of aromatic nitrogens is 2. The fourth-order valence-electron chi connectivity index (χ4n) is 1.85. The maximum atomic E-state index is 13.9. The molecule has 0 amide bonds. The molecule has 0 aliphatic rings. The van der Waals surface area contributed by atoms with Crippen molar-refractivity contribution in [3.63, 3.8) is 0 Å². The first-order chi connectivity index (χ1) is 10.1. The quantitative estimate of drug-likeness (QED) is 0.913. The highest BCUT2D eigenvalue weighted by molar-refractivity contribution is 5.47. The molecule has 2 aromatic heterocycles. The summed E-state index contributed by atoms with van der Waals surface area (Å²) < 4.78 is 27.1. The van der Waals surface area contributed by atoms with Gasteiger partial charge in [-0.2, -0.15) is 5.26 Å². The molecule has 2 rings (SSSR count). The van der Waals surface area contributed by atoms with E-state index >= 15 is 0 Å². The van der Waals surface area contributed by atoms with Gasteiger partial charge in [-0.3, -0.25) is 4.98 Å². The number of rotatable bonds is 5. The Kier molecular flexibility index (Phi) is 4.61. The number of anilines is 2. The van der Waals surface area contributed by atoms with Gasteiger partial charge in [0.05, 0.1) is 12.5 Å². The first-order valence-electron chi connectivity index (χ1n) is 6.24. The van der Waals surface area contributed by atoms with E-state index in [0.717, 1.165) is 5.56 Å². The summed E-state index contributed by atoms with van der Waals surface area (Å²) in [5.74, 6) is -2.17. The van der Waals surface area contributed by atoms with Gasteiger partial charge < -0.3 is 10.6 Å². The second kappa shape index (κ2) is 6.61. The van der Waals surface area contributed by atoms with E-state index in [1.807, 2.05) is 12.1 Å². The largest absolute Gasteiger partial charge is 0.381 e. The van der Waals surface area contributed by atoms with Gasteiger partial charge in [0.15, 0.2) is 23.3 Å². The van der Waals surface area contributed by atoms with Crippen LogP contribution in [0.4, 0.5) is 20.4 Å². The fraction of sp³-hybridized carbons (Fsp3) is 0.214. The highest BCUT2D eigenvalue weighted by atomic mass is 19.1. The van der Waals surface area contributed by atoms with Crippen LogP contribution in [0.15, 0.2) is 30.6 Å². The van der Waals surface area contributed by atoms with Crippen molar-refractivity contribution in [3.8, 4) is 6.07 Å². The zero-order valence-corrected chi connectivity index (χ0v) is 11.1. The molecule has 2 heterocycles. The van der Waals surface area contributed by atoms with Gasteiger partial charge in [-0.15, -0.1) is 0 Å². The third-order valence-corrected chi connectivity index (χ3v) is 2.83. The molecule has 0 fully saturated rings. The van der Waals surface area contributed by atoms with Crippen LogP contribution in [0.1, 0.15) is 12.0 Å². The van der Waals surface area contributed by atoms with Crippen LogP contribution < -0.4 is 10.6 Å². The number of hydrogen-bond donors (Lipinski definition) is 1. The van der Waals surface area contributed by atoms with Gasteiger partial charge in [0.25, 0.3) is 0 Å². The van der Waals surface area contributed by atoms with E-state index in [0.29, 0.717) is 12.6 Å². The molecule has 2 N–H and O–H groups in total. The Morgan fingerprint density at radius 1 is 1.33 bits per heavy atom. The van der Waals surface area contributed by atoms with Crippen LogP contribution in [0.25, 0.3) is 0 Å². The van der Waals surface area contributed by atoms with Crippen molar-refractivity contribution in [2.75, 3.05) is 17.2 Å². The average Bonchev–Trinajstić information content (AvgIpc) is 2.48. The van der Waals surface area contributed by atoms with Crippen LogP contribution in [0.2, 0.25) is 0 Å². The molecule has 0 aromatic carbocycles. The molecule has 0 bridgehead atoms. The van der Waals surface area contributed by atoms with Gasteiger partial charge in [-0.25, -0.2) is 13.8 Å². The van der Waals surface area contributed by atoms with Crippen molar-refractivity contribution in [2.24, 2.45) is 0 Å². The zero-order chi connectivity index (χ0) is 15.2. The number of nitrogen functional groups attached to an aromatic ring is 1. The number of nitrogens with zero attached hydrogens (tertiary/aromatic N) is 4. The van der Waals surface area contributed by atoms with Crippen LogP contribution in [0, 0.1) is 23.0 Å². The third-order valence-electron chi connectivity index (χ3n) is 2.83. The lowest BCUT2D eigenvalue weighted by Gasteiger charge is -2.23. The van der Waals surface area contributed by atoms with Crippen LogP contribution in [-0.4, -0.2) is 16.5 Å². The minimum atomic E-state index is -0.905. The number of nitrogens with two attached hydrogens (primary N) is 1. The molecule has 0 saturated carbocycles. The number of halogens is 2. The first-order valence-corrected chi connectivity index (χ1v) is 6.24. The van der Waals surface area contributed by atoms with Crippen molar-refractivity contribution in [1.29, 1.82) is 5.26 Å². The Hall–Kier alpha value is -2.75. The fourth-order valence-corrected chi connectivity index (χ4v) is 1.85. The van der Waals surface area contributed by atoms with Crippen LogP contribution >= 0.6 is 0 Å². The molecule has 0 aliphatic heterocycles. The Morgan fingerprint density at radius 3 is 2.81 bits per heavy atom. The summed E-state index contributed by atoms with van der Waals surface area (Å²) in [6.45, 7) is 0.547. The monoisotopic (exact) mass is 289 g/mol. The first kappa shape index (κ1) is 14.7. The Morgan fingerprint density at radius 2 is 2.14 bits per heavy atom. The van der Waals surface area contributed by atoms with Crippen molar-refractivity contribution >= 4 is 11.6 Å². The SMILES string of the molecule is N#CCCN(Cc1cccnc1)c1nc(N)c(F)cc1F. The van der Waals surface area contributed by atoms with E-state index in [9.17, 15) is 8.78 Å². The number of nitriles is 1. The molecule has 0 unspecified atom stereocenters. The minimum absolute atomic E-state index is 0.0759. The van der Waals surface area contributed by atoms with Crippen LogP contribution in [0.5, 0.6) is 0 Å². The summed E-state index contributed by atoms with van der Waals surface area (Å²) in [7, 11) is 0. The molecule has 0 radical (unpaired) electrons. The molecule has 7 heteroatoms. The molecule has 2 aromatic rings. The maximum Gasteiger partial charge on any atom is 0.168 e. The second-order valence-corrected chi connectivity index (χ2v) is 4.35. The average molecular weight is 289 g/mol. The topological polar surface area (TPSA) is 78.8 Å². The molecular formula is C14H13F2N5. The highest BCUT2D eigenvalue weighted by Crippen LogP contribution is 2.22. The lowest BCUT2D eigenvalue weighted by Crippen LogP contribution is -2.26. The summed E-state index contributed by atoms with van der Waals surface area (Å²) in [6.07, 6.45) is 3.43. The van der Waals surface area contributed by atoms with E-state index in [1.165, 1.54) is 4.90 Å². The Bertz CT molecular complexity index is 654. The summed E-state index contributed by atoms with van der Waals surface area (Å²) in [4.78, 5) is 9.25. The number of pyridine rings is 2. The van der Waals surface area contributed by atoms with E-state index in [2.05, 4.69) is 9.97 Å². The smallest absolute Gasteiger partial charge is 0.168 e.